The van der Waals surface area contributed by atoms with Crippen LogP contribution in [0.4, 0.5) is 0 Å². The molecule has 30 heavy (non-hydrogen) atoms. The first-order valence-corrected chi connectivity index (χ1v) is 9.73. The highest BCUT2D eigenvalue weighted by atomic mass is 16.3. The molecule has 0 bridgehead atoms. The van der Waals surface area contributed by atoms with E-state index in [-0.39, 0.29) is 11.1 Å². The molecule has 2 heteroatoms. The number of aryl methyl sites for hydroxylation is 3. The molecule has 0 saturated heterocycles. The van der Waals surface area contributed by atoms with E-state index in [1.54, 1.807) is 0 Å². The van der Waals surface area contributed by atoms with E-state index in [1.807, 2.05) is 79.7 Å². The van der Waals surface area contributed by atoms with Crippen molar-refractivity contribution in [1.82, 2.24) is 4.98 Å². The summed E-state index contributed by atoms with van der Waals surface area (Å²) in [5, 5.41) is 0.957. The molecule has 0 radical (unpaired) electrons. The van der Waals surface area contributed by atoms with Crippen molar-refractivity contribution in [3.8, 4) is 33.7 Å². The Balaban J connectivity index is 1.79. The third-order valence-electron chi connectivity index (χ3n) is 5.35. The normalized spacial score (nSPS) is 15.0. The van der Waals surface area contributed by atoms with Gasteiger partial charge in [0, 0.05) is 36.5 Å². The maximum Gasteiger partial charge on any atom is 0.138 e. The minimum absolute atomic E-state index is 0.227. The number of benzene rings is 3. The molecule has 2 nitrogen and oxygen atoms in total. The van der Waals surface area contributed by atoms with Crippen molar-refractivity contribution in [3.05, 3.63) is 102 Å². The molecule has 0 spiro atoms. The zero-order valence-electron chi connectivity index (χ0n) is 22.4. The van der Waals surface area contributed by atoms with E-state index in [4.69, 9.17) is 12.6 Å². The fraction of sp³-hybridized carbons (Fsp3) is 0.107. The van der Waals surface area contributed by atoms with Crippen molar-refractivity contribution in [2.75, 3.05) is 0 Å². The monoisotopic (exact) mass is 395 g/mol. The average molecular weight is 396 g/mol. The standard InChI is InChI=1S/C28H23NO/c1-18-14-25(29-17-19(18)2)23-15-24(21-10-6-4-7-11-21)27-20(3)28(30-26(27)16-23)22-12-8-5-9-13-22/h4-17H,1-3H3/i1D3,2D3. The number of hydrogen-bond acceptors (Lipinski definition) is 2. The van der Waals surface area contributed by atoms with E-state index in [2.05, 4.69) is 4.98 Å². The largest absolute Gasteiger partial charge is 0.456 e. The predicted octanol–water partition coefficient (Wildman–Crippen LogP) is 7.75. The van der Waals surface area contributed by atoms with Crippen LogP contribution < -0.4 is 0 Å². The minimum Gasteiger partial charge on any atom is -0.456 e. The molecule has 0 atom stereocenters. The molecule has 0 aliphatic carbocycles. The number of rotatable bonds is 3. The van der Waals surface area contributed by atoms with Gasteiger partial charge in [-0.3, -0.25) is 4.98 Å². The molecule has 0 fully saturated rings. The number of furan rings is 1. The molecular weight excluding hydrogens is 366 g/mol. The molecule has 2 aromatic heterocycles. The minimum atomic E-state index is -2.60. The summed E-state index contributed by atoms with van der Waals surface area (Å²) in [6.07, 6.45) is 1.15. The van der Waals surface area contributed by atoms with Gasteiger partial charge < -0.3 is 4.42 Å². The highest BCUT2D eigenvalue weighted by Crippen LogP contribution is 2.41. The van der Waals surface area contributed by atoms with Crippen molar-refractivity contribution in [2.24, 2.45) is 0 Å². The van der Waals surface area contributed by atoms with Crippen LogP contribution in [0.5, 0.6) is 0 Å². The smallest absolute Gasteiger partial charge is 0.138 e. The molecular formula is C28H23NO. The van der Waals surface area contributed by atoms with Crippen LogP contribution in [0, 0.1) is 20.6 Å². The topological polar surface area (TPSA) is 26.0 Å². The summed E-state index contributed by atoms with van der Waals surface area (Å²) in [6, 6.07) is 24.9. The Morgan fingerprint density at radius 1 is 0.767 bits per heavy atom. The third kappa shape index (κ3) is 3.11. The summed E-state index contributed by atoms with van der Waals surface area (Å²) in [5.41, 5.74) is 4.99. The summed E-state index contributed by atoms with van der Waals surface area (Å²) >= 11 is 0. The Morgan fingerprint density at radius 3 is 2.17 bits per heavy atom. The van der Waals surface area contributed by atoms with E-state index >= 15 is 0 Å². The molecule has 0 saturated carbocycles. The lowest BCUT2D eigenvalue weighted by molar-refractivity contribution is 0.629. The Labute approximate surface area is 185 Å². The van der Waals surface area contributed by atoms with Gasteiger partial charge in [0.05, 0.1) is 5.69 Å². The quantitative estimate of drug-likeness (QED) is 0.312. The van der Waals surface area contributed by atoms with Crippen molar-refractivity contribution in [2.45, 2.75) is 20.6 Å². The molecule has 5 aromatic rings. The van der Waals surface area contributed by atoms with Crippen LogP contribution in [0.1, 0.15) is 24.9 Å². The molecule has 3 aromatic carbocycles. The summed E-state index contributed by atoms with van der Waals surface area (Å²) < 4.78 is 53.4. The van der Waals surface area contributed by atoms with Crippen molar-refractivity contribution >= 4 is 11.0 Å². The molecule has 146 valence electrons. The van der Waals surface area contributed by atoms with E-state index in [1.165, 1.54) is 6.07 Å². The van der Waals surface area contributed by atoms with Crippen LogP contribution in [0.3, 0.4) is 0 Å². The van der Waals surface area contributed by atoms with Gasteiger partial charge in [-0.2, -0.15) is 0 Å². The van der Waals surface area contributed by atoms with Gasteiger partial charge in [-0.25, -0.2) is 0 Å². The Kier molecular flexibility index (Phi) is 3.12. The van der Waals surface area contributed by atoms with Gasteiger partial charge >= 0.3 is 0 Å². The van der Waals surface area contributed by atoms with Crippen LogP contribution in [0.15, 0.2) is 89.5 Å². The zero-order chi connectivity index (χ0) is 25.7. The second-order valence-electron chi connectivity index (χ2n) is 7.30. The third-order valence-corrected chi connectivity index (χ3v) is 5.35. The zero-order valence-corrected chi connectivity index (χ0v) is 16.4. The van der Waals surface area contributed by atoms with E-state index < -0.39 is 13.7 Å². The Morgan fingerprint density at radius 2 is 1.47 bits per heavy atom. The van der Waals surface area contributed by atoms with Gasteiger partial charge in [0.25, 0.3) is 0 Å². The molecule has 2 heterocycles. The second-order valence-corrected chi connectivity index (χ2v) is 7.30. The van der Waals surface area contributed by atoms with Gasteiger partial charge in [0.2, 0.25) is 0 Å². The first-order chi connectivity index (χ1) is 17.0. The Hall–Kier alpha value is -3.65. The van der Waals surface area contributed by atoms with Gasteiger partial charge in [0.15, 0.2) is 0 Å². The molecule has 0 aliphatic heterocycles. The molecule has 5 rings (SSSR count). The number of nitrogens with zero attached hydrogens (tertiary/aromatic N) is 1. The summed E-state index contributed by atoms with van der Waals surface area (Å²) in [4.78, 5) is 4.37. The lowest BCUT2D eigenvalue weighted by Gasteiger charge is -2.09. The fourth-order valence-electron chi connectivity index (χ4n) is 3.85. The van der Waals surface area contributed by atoms with Crippen LogP contribution in [-0.4, -0.2) is 4.98 Å². The molecule has 0 N–H and O–H groups in total. The van der Waals surface area contributed by atoms with Gasteiger partial charge in [-0.05, 0) is 61.1 Å². The Bertz CT molecular complexity index is 1550. The van der Waals surface area contributed by atoms with Crippen LogP contribution in [-0.2, 0) is 0 Å². The lowest BCUT2D eigenvalue weighted by atomic mass is 9.94. The van der Waals surface area contributed by atoms with Crippen LogP contribution in [0.25, 0.3) is 44.7 Å². The summed E-state index contributed by atoms with van der Waals surface area (Å²) in [6.45, 7) is -3.16. The number of fused-ring (bicyclic) bond motifs is 1. The first-order valence-electron chi connectivity index (χ1n) is 12.7. The first kappa shape index (κ1) is 12.8. The summed E-state index contributed by atoms with van der Waals surface area (Å²) in [7, 11) is 0. The van der Waals surface area contributed by atoms with Gasteiger partial charge in [-0.15, -0.1) is 0 Å². The maximum absolute atomic E-state index is 7.92. The van der Waals surface area contributed by atoms with E-state index in [0.717, 1.165) is 39.6 Å². The maximum atomic E-state index is 7.92. The van der Waals surface area contributed by atoms with Gasteiger partial charge in [-0.1, -0.05) is 60.7 Å². The number of hydrogen-bond donors (Lipinski definition) is 0. The van der Waals surface area contributed by atoms with Crippen molar-refractivity contribution in [3.63, 3.8) is 0 Å². The lowest BCUT2D eigenvalue weighted by Crippen LogP contribution is -1.90. The second kappa shape index (κ2) is 7.31. The number of pyridine rings is 1. The van der Waals surface area contributed by atoms with Crippen molar-refractivity contribution < 1.29 is 12.6 Å². The predicted molar refractivity (Wildman–Crippen MR) is 125 cm³/mol. The van der Waals surface area contributed by atoms with E-state index in [9.17, 15) is 0 Å². The molecule has 0 unspecified atom stereocenters. The number of aromatic nitrogens is 1. The highest BCUT2D eigenvalue weighted by molar-refractivity contribution is 6.02. The van der Waals surface area contributed by atoms with Gasteiger partial charge in [0.1, 0.15) is 11.3 Å². The highest BCUT2D eigenvalue weighted by Gasteiger charge is 2.18. The SMILES string of the molecule is [2H]C([2H])([2H])c1cnc(-c2cc(-c3ccccc3)c3c(C)c(-c4ccccc4)oc3c2)cc1C([2H])([2H])[2H]. The average Bonchev–Trinajstić information content (AvgIpc) is 3.19. The molecule has 0 amide bonds. The van der Waals surface area contributed by atoms with Crippen molar-refractivity contribution in [1.29, 1.82) is 0 Å². The van der Waals surface area contributed by atoms with Crippen LogP contribution in [0.2, 0.25) is 0 Å². The fourth-order valence-corrected chi connectivity index (χ4v) is 3.85. The summed E-state index contributed by atoms with van der Waals surface area (Å²) in [5.74, 6) is 0.758. The van der Waals surface area contributed by atoms with E-state index in [0.29, 0.717) is 16.8 Å². The molecule has 0 aliphatic rings. The van der Waals surface area contributed by atoms with Crippen LogP contribution >= 0.6 is 0 Å².